The number of allylic oxidation sites excluding steroid dienone is 3. The maximum absolute atomic E-state index is 12.0. The maximum atomic E-state index is 12.0. The summed E-state index contributed by atoms with van der Waals surface area (Å²) in [5, 5.41) is 3.14. The summed E-state index contributed by atoms with van der Waals surface area (Å²) in [7, 11) is 3.92. The van der Waals surface area contributed by atoms with Crippen LogP contribution in [-0.2, 0) is 0 Å². The van der Waals surface area contributed by atoms with Crippen LogP contribution in [-0.4, -0.2) is 24.8 Å². The monoisotopic (exact) mass is 228 g/mol. The molecule has 0 spiro atoms. The van der Waals surface area contributed by atoms with Crippen molar-refractivity contribution in [3.63, 3.8) is 0 Å². The molecule has 0 aliphatic carbocycles. The Labute approximate surface area is 101 Å². The van der Waals surface area contributed by atoms with Crippen LogP contribution in [0.15, 0.2) is 47.8 Å². The summed E-state index contributed by atoms with van der Waals surface area (Å²) in [5.41, 5.74) is 3.32. The van der Waals surface area contributed by atoms with Crippen LogP contribution in [0.2, 0.25) is 0 Å². The van der Waals surface area contributed by atoms with Gasteiger partial charge < -0.3 is 10.2 Å². The summed E-state index contributed by atoms with van der Waals surface area (Å²) in [6, 6.07) is 7.56. The Bertz CT molecular complexity index is 513. The van der Waals surface area contributed by atoms with Crippen molar-refractivity contribution in [2.45, 2.75) is 6.92 Å². The lowest BCUT2D eigenvalue weighted by atomic mass is 10.1. The van der Waals surface area contributed by atoms with E-state index in [9.17, 15) is 4.79 Å². The lowest BCUT2D eigenvalue weighted by Gasteiger charge is -2.06. The van der Waals surface area contributed by atoms with E-state index >= 15 is 0 Å². The summed E-state index contributed by atoms with van der Waals surface area (Å²) in [4.78, 5) is 14.0. The molecular weight excluding hydrogens is 212 g/mol. The predicted molar refractivity (Wildman–Crippen MR) is 69.9 cm³/mol. The number of nitrogens with zero attached hydrogens (tertiary/aromatic N) is 1. The fraction of sp³-hybridized carbons (Fsp3) is 0.214. The minimum atomic E-state index is 0.0621. The van der Waals surface area contributed by atoms with Crippen LogP contribution in [0, 0.1) is 0 Å². The quantitative estimate of drug-likeness (QED) is 0.790. The Morgan fingerprint density at radius 2 is 2.00 bits per heavy atom. The molecule has 1 aliphatic heterocycles. The first kappa shape index (κ1) is 11.5. The van der Waals surface area contributed by atoms with Gasteiger partial charge in [-0.15, -0.1) is 0 Å². The number of hydrogen-bond donors (Lipinski definition) is 1. The third kappa shape index (κ3) is 2.38. The lowest BCUT2D eigenvalue weighted by molar-refractivity contribution is 0.104. The van der Waals surface area contributed by atoms with E-state index in [1.807, 2.05) is 62.5 Å². The average molecular weight is 228 g/mol. The molecule has 3 heteroatoms. The molecule has 0 unspecified atom stereocenters. The van der Waals surface area contributed by atoms with Crippen molar-refractivity contribution in [3.8, 4) is 0 Å². The van der Waals surface area contributed by atoms with Crippen LogP contribution < -0.4 is 5.32 Å². The van der Waals surface area contributed by atoms with Crippen LogP contribution >= 0.6 is 0 Å². The molecule has 0 saturated heterocycles. The molecular formula is C14H16N2O. The highest BCUT2D eigenvalue weighted by atomic mass is 16.1. The van der Waals surface area contributed by atoms with Crippen molar-refractivity contribution in [2.75, 3.05) is 19.4 Å². The topological polar surface area (TPSA) is 32.3 Å². The molecule has 1 aromatic rings. The van der Waals surface area contributed by atoms with E-state index in [2.05, 4.69) is 5.32 Å². The Balaban J connectivity index is 2.29. The highest BCUT2D eigenvalue weighted by molar-refractivity contribution is 6.18. The number of rotatable bonds is 2. The number of benzene rings is 1. The van der Waals surface area contributed by atoms with E-state index in [1.165, 1.54) is 0 Å². The molecule has 0 bridgehead atoms. The van der Waals surface area contributed by atoms with Crippen LogP contribution in [0.1, 0.15) is 17.3 Å². The van der Waals surface area contributed by atoms with Crippen LogP contribution in [0.5, 0.6) is 0 Å². The zero-order chi connectivity index (χ0) is 12.4. The molecule has 1 aliphatic rings. The van der Waals surface area contributed by atoms with Crippen molar-refractivity contribution in [3.05, 3.63) is 53.4 Å². The summed E-state index contributed by atoms with van der Waals surface area (Å²) in [6.45, 7) is 1.98. The van der Waals surface area contributed by atoms with Gasteiger partial charge in [-0.05, 0) is 30.7 Å². The molecule has 0 atom stereocenters. The standard InChI is InChI=1S/C14H16N2O/c1-10(9-16(2)3)8-13-14(17)11-6-4-5-7-12(11)15-13/h4-9,15H,1-3H3. The Morgan fingerprint density at radius 3 is 2.65 bits per heavy atom. The SMILES string of the molecule is CC(=CN(C)C)C=C1Nc2ccccc2C1=O. The normalized spacial score (nSPS) is 17.0. The summed E-state index contributed by atoms with van der Waals surface area (Å²) in [5.74, 6) is 0.0621. The van der Waals surface area contributed by atoms with E-state index in [0.29, 0.717) is 5.70 Å². The molecule has 88 valence electrons. The van der Waals surface area contributed by atoms with Crippen LogP contribution in [0.25, 0.3) is 0 Å². The maximum Gasteiger partial charge on any atom is 0.211 e. The summed E-state index contributed by atoms with van der Waals surface area (Å²) >= 11 is 0. The molecule has 1 aromatic carbocycles. The Morgan fingerprint density at radius 1 is 1.29 bits per heavy atom. The Hall–Kier alpha value is -2.03. The van der Waals surface area contributed by atoms with Gasteiger partial charge in [0.2, 0.25) is 5.78 Å². The number of Topliss-reactive ketones (excluding diaryl/α,β-unsaturated/α-hetero) is 1. The first-order valence-electron chi connectivity index (χ1n) is 5.55. The van der Waals surface area contributed by atoms with Gasteiger partial charge in [0.15, 0.2) is 0 Å². The van der Waals surface area contributed by atoms with Gasteiger partial charge in [-0.1, -0.05) is 12.1 Å². The Kier molecular flexibility index (Phi) is 3.00. The predicted octanol–water partition coefficient (Wildman–Crippen LogP) is 2.64. The largest absolute Gasteiger partial charge is 0.383 e. The van der Waals surface area contributed by atoms with E-state index in [4.69, 9.17) is 0 Å². The molecule has 0 radical (unpaired) electrons. The second-order valence-corrected chi connectivity index (χ2v) is 4.39. The number of anilines is 1. The highest BCUT2D eigenvalue weighted by Crippen LogP contribution is 2.27. The molecule has 1 N–H and O–H groups in total. The third-order valence-electron chi connectivity index (χ3n) is 2.52. The average Bonchev–Trinajstić information content (AvgIpc) is 2.55. The molecule has 0 fully saturated rings. The summed E-state index contributed by atoms with van der Waals surface area (Å²) in [6.07, 6.45) is 3.85. The molecule has 2 rings (SSSR count). The van der Waals surface area contributed by atoms with Gasteiger partial charge in [0.05, 0.1) is 5.70 Å². The van der Waals surface area contributed by atoms with Gasteiger partial charge in [-0.3, -0.25) is 4.79 Å². The van der Waals surface area contributed by atoms with Gasteiger partial charge in [0, 0.05) is 31.5 Å². The van der Waals surface area contributed by atoms with E-state index in [1.54, 1.807) is 0 Å². The van der Waals surface area contributed by atoms with Gasteiger partial charge in [-0.2, -0.15) is 0 Å². The number of carbonyl (C=O) groups is 1. The van der Waals surface area contributed by atoms with Crippen molar-refractivity contribution in [1.82, 2.24) is 4.90 Å². The fourth-order valence-electron chi connectivity index (χ4n) is 1.91. The van der Waals surface area contributed by atoms with Gasteiger partial charge >= 0.3 is 0 Å². The molecule has 0 saturated carbocycles. The molecule has 0 amide bonds. The van der Waals surface area contributed by atoms with E-state index < -0.39 is 0 Å². The van der Waals surface area contributed by atoms with E-state index in [0.717, 1.165) is 16.8 Å². The van der Waals surface area contributed by atoms with Crippen LogP contribution in [0.4, 0.5) is 5.69 Å². The van der Waals surface area contributed by atoms with Crippen molar-refractivity contribution >= 4 is 11.5 Å². The first-order chi connectivity index (χ1) is 8.08. The minimum absolute atomic E-state index is 0.0621. The lowest BCUT2D eigenvalue weighted by Crippen LogP contribution is -2.04. The smallest absolute Gasteiger partial charge is 0.211 e. The first-order valence-corrected chi connectivity index (χ1v) is 5.55. The van der Waals surface area contributed by atoms with E-state index in [-0.39, 0.29) is 5.78 Å². The molecule has 0 aromatic heterocycles. The zero-order valence-corrected chi connectivity index (χ0v) is 10.3. The van der Waals surface area contributed by atoms with Crippen LogP contribution in [0.3, 0.4) is 0 Å². The number of ketones is 1. The van der Waals surface area contributed by atoms with Crippen molar-refractivity contribution in [2.24, 2.45) is 0 Å². The van der Waals surface area contributed by atoms with Crippen molar-refractivity contribution in [1.29, 1.82) is 0 Å². The molecule has 3 nitrogen and oxygen atoms in total. The third-order valence-corrected chi connectivity index (χ3v) is 2.52. The van der Waals surface area contributed by atoms with Gasteiger partial charge in [-0.25, -0.2) is 0 Å². The molecule has 1 heterocycles. The zero-order valence-electron chi connectivity index (χ0n) is 10.3. The van der Waals surface area contributed by atoms with Gasteiger partial charge in [0.25, 0.3) is 0 Å². The minimum Gasteiger partial charge on any atom is -0.383 e. The number of fused-ring (bicyclic) bond motifs is 1. The number of nitrogens with one attached hydrogen (secondary N) is 1. The fourth-order valence-corrected chi connectivity index (χ4v) is 1.91. The van der Waals surface area contributed by atoms with Gasteiger partial charge in [0.1, 0.15) is 0 Å². The second-order valence-electron chi connectivity index (χ2n) is 4.39. The van der Waals surface area contributed by atoms with Crippen molar-refractivity contribution < 1.29 is 4.79 Å². The summed E-state index contributed by atoms with van der Waals surface area (Å²) < 4.78 is 0. The number of hydrogen-bond acceptors (Lipinski definition) is 3. The highest BCUT2D eigenvalue weighted by Gasteiger charge is 2.23. The second kappa shape index (κ2) is 4.45. The molecule has 17 heavy (non-hydrogen) atoms. The number of carbonyl (C=O) groups excluding carboxylic acids is 1. The number of para-hydroxylation sites is 1.